The summed E-state index contributed by atoms with van der Waals surface area (Å²) in [6, 6.07) is 8.61. The molecule has 4 rings (SSSR count). The molecule has 0 spiro atoms. The summed E-state index contributed by atoms with van der Waals surface area (Å²) in [6.07, 6.45) is 2.03. The van der Waals surface area contributed by atoms with E-state index in [9.17, 15) is 9.59 Å². The highest BCUT2D eigenvalue weighted by Gasteiger charge is 2.24. The molecule has 6 heteroatoms. The summed E-state index contributed by atoms with van der Waals surface area (Å²) in [5.41, 5.74) is 1.84. The highest BCUT2D eigenvalue weighted by Crippen LogP contribution is 2.37. The lowest BCUT2D eigenvalue weighted by atomic mass is 10.0. The lowest BCUT2D eigenvalue weighted by Gasteiger charge is -2.18. The zero-order valence-electron chi connectivity index (χ0n) is 11.9. The van der Waals surface area contributed by atoms with Crippen LogP contribution in [0.5, 0.6) is 0 Å². The summed E-state index contributed by atoms with van der Waals surface area (Å²) >= 11 is 0. The van der Waals surface area contributed by atoms with Gasteiger partial charge in [-0.2, -0.15) is 5.26 Å². The minimum Gasteiger partial charge on any atom is -0.477 e. The maximum Gasteiger partial charge on any atom is 0.341 e. The first-order chi connectivity index (χ1) is 11.1. The van der Waals surface area contributed by atoms with E-state index in [1.54, 1.807) is 16.7 Å². The maximum absolute atomic E-state index is 12.0. The predicted octanol–water partition coefficient (Wildman–Crippen LogP) is 2.39. The Kier molecular flexibility index (Phi) is 2.66. The molecule has 0 radical (unpaired) electrons. The number of carboxylic acid groups (broad SMARTS) is 1. The fourth-order valence-corrected chi connectivity index (χ4v) is 3.02. The topological polar surface area (TPSA) is 96.2 Å². The van der Waals surface area contributed by atoms with Gasteiger partial charge in [-0.25, -0.2) is 4.79 Å². The van der Waals surface area contributed by atoms with Gasteiger partial charge in [0, 0.05) is 29.8 Å². The van der Waals surface area contributed by atoms with Gasteiger partial charge >= 0.3 is 5.97 Å². The van der Waals surface area contributed by atoms with Crippen LogP contribution in [-0.2, 0) is 13.0 Å². The van der Waals surface area contributed by atoms with E-state index in [2.05, 4.69) is 6.07 Å². The Balaban J connectivity index is 2.00. The number of carbonyl (C=O) groups is 1. The van der Waals surface area contributed by atoms with E-state index in [-0.39, 0.29) is 5.56 Å². The van der Waals surface area contributed by atoms with E-state index >= 15 is 0 Å². The number of aryl methyl sites for hydroxylation is 2. The van der Waals surface area contributed by atoms with Crippen LogP contribution in [0.2, 0.25) is 0 Å². The standard InChI is InChI=1S/C17H10N2O4/c18-7-9-1-2-10-11-3-4-19-8-12(17(21)22)14(20)6-13(19)16(11)23-15(10)5-9/h1-2,5-6,8H,3-4H2,(H,21,22). The minimum absolute atomic E-state index is 0.250. The second-order valence-corrected chi connectivity index (χ2v) is 5.42. The Morgan fingerprint density at radius 2 is 2.17 bits per heavy atom. The van der Waals surface area contributed by atoms with E-state index in [4.69, 9.17) is 14.8 Å². The van der Waals surface area contributed by atoms with Crippen molar-refractivity contribution >= 4 is 16.9 Å². The van der Waals surface area contributed by atoms with Crippen molar-refractivity contribution in [1.82, 2.24) is 4.57 Å². The third kappa shape index (κ3) is 1.87. The van der Waals surface area contributed by atoms with Crippen molar-refractivity contribution < 1.29 is 14.3 Å². The minimum atomic E-state index is -1.24. The lowest BCUT2D eigenvalue weighted by molar-refractivity contribution is 0.0694. The molecular formula is C17H10N2O4. The van der Waals surface area contributed by atoms with Crippen LogP contribution in [0.1, 0.15) is 21.5 Å². The van der Waals surface area contributed by atoms with Crippen molar-refractivity contribution in [2.45, 2.75) is 13.0 Å². The first-order valence-corrected chi connectivity index (χ1v) is 7.02. The van der Waals surface area contributed by atoms with Gasteiger partial charge in [-0.05, 0) is 24.6 Å². The molecular weight excluding hydrogens is 296 g/mol. The summed E-state index contributed by atoms with van der Waals surface area (Å²) in [4.78, 5) is 23.1. The van der Waals surface area contributed by atoms with Crippen molar-refractivity contribution in [3.8, 4) is 17.5 Å². The molecule has 112 valence electrons. The smallest absolute Gasteiger partial charge is 0.341 e. The Morgan fingerprint density at radius 1 is 1.35 bits per heavy atom. The average Bonchev–Trinajstić information content (AvgIpc) is 2.92. The number of hydrogen-bond acceptors (Lipinski definition) is 4. The molecule has 0 aliphatic carbocycles. The molecule has 0 bridgehead atoms. The van der Waals surface area contributed by atoms with Gasteiger partial charge in [-0.1, -0.05) is 0 Å². The number of pyridine rings is 1. The van der Waals surface area contributed by atoms with E-state index in [0.29, 0.717) is 35.6 Å². The van der Waals surface area contributed by atoms with Gasteiger partial charge in [0.2, 0.25) is 0 Å². The van der Waals surface area contributed by atoms with Gasteiger partial charge in [-0.3, -0.25) is 4.79 Å². The fraction of sp³-hybridized carbons (Fsp3) is 0.118. The van der Waals surface area contributed by atoms with Crippen LogP contribution in [0.3, 0.4) is 0 Å². The Labute approximate surface area is 129 Å². The summed E-state index contributed by atoms with van der Waals surface area (Å²) in [5, 5.41) is 19.0. The number of rotatable bonds is 1. The van der Waals surface area contributed by atoms with Gasteiger partial charge in [0.05, 0.1) is 17.3 Å². The number of benzene rings is 1. The Morgan fingerprint density at radius 3 is 2.91 bits per heavy atom. The summed E-state index contributed by atoms with van der Waals surface area (Å²) < 4.78 is 7.58. The number of nitriles is 1. The molecule has 0 atom stereocenters. The number of aromatic carboxylic acids is 1. The molecule has 0 saturated heterocycles. The third-order valence-electron chi connectivity index (χ3n) is 4.12. The molecule has 3 aromatic rings. The van der Waals surface area contributed by atoms with Crippen molar-refractivity contribution in [1.29, 1.82) is 5.26 Å². The van der Waals surface area contributed by atoms with E-state index in [0.717, 1.165) is 10.9 Å². The SMILES string of the molecule is N#Cc1ccc2c3c(oc2c1)-c1cc(=O)c(C(=O)O)cn1CC3. The van der Waals surface area contributed by atoms with E-state index < -0.39 is 11.4 Å². The molecule has 0 saturated carbocycles. The molecule has 6 nitrogen and oxygen atoms in total. The Bertz CT molecular complexity index is 1080. The van der Waals surface area contributed by atoms with Crippen LogP contribution < -0.4 is 5.43 Å². The number of fused-ring (bicyclic) bond motifs is 5. The van der Waals surface area contributed by atoms with Gasteiger partial charge in [-0.15, -0.1) is 0 Å². The van der Waals surface area contributed by atoms with E-state index in [1.165, 1.54) is 12.3 Å². The largest absolute Gasteiger partial charge is 0.477 e. The van der Waals surface area contributed by atoms with Crippen LogP contribution in [0, 0.1) is 11.3 Å². The molecule has 23 heavy (non-hydrogen) atoms. The molecule has 0 unspecified atom stereocenters. The highest BCUT2D eigenvalue weighted by molar-refractivity contribution is 5.90. The monoisotopic (exact) mass is 306 g/mol. The molecule has 3 heterocycles. The van der Waals surface area contributed by atoms with Crippen molar-refractivity contribution in [3.05, 3.63) is 57.4 Å². The van der Waals surface area contributed by atoms with Crippen LogP contribution in [0.25, 0.3) is 22.4 Å². The van der Waals surface area contributed by atoms with Crippen molar-refractivity contribution in [2.24, 2.45) is 0 Å². The van der Waals surface area contributed by atoms with Gasteiger partial charge in [0.1, 0.15) is 11.1 Å². The fourth-order valence-electron chi connectivity index (χ4n) is 3.02. The molecule has 1 aromatic carbocycles. The summed E-state index contributed by atoms with van der Waals surface area (Å²) in [6.45, 7) is 0.567. The highest BCUT2D eigenvalue weighted by atomic mass is 16.4. The zero-order valence-corrected chi connectivity index (χ0v) is 11.9. The molecule has 1 N–H and O–H groups in total. The molecule has 1 aliphatic rings. The van der Waals surface area contributed by atoms with Crippen LogP contribution in [0.15, 0.2) is 39.7 Å². The quantitative estimate of drug-likeness (QED) is 0.744. The number of furan rings is 1. The number of carboxylic acids is 1. The predicted molar refractivity (Wildman–Crippen MR) is 81.3 cm³/mol. The van der Waals surface area contributed by atoms with Crippen molar-refractivity contribution in [3.63, 3.8) is 0 Å². The molecule has 1 aliphatic heterocycles. The summed E-state index contributed by atoms with van der Waals surface area (Å²) in [7, 11) is 0. The Hall–Kier alpha value is -3.33. The molecule has 0 amide bonds. The van der Waals surface area contributed by atoms with Gasteiger partial charge in [0.15, 0.2) is 11.2 Å². The molecule has 2 aromatic heterocycles. The maximum atomic E-state index is 12.0. The average molecular weight is 306 g/mol. The van der Waals surface area contributed by atoms with E-state index in [1.807, 2.05) is 6.07 Å². The second kappa shape index (κ2) is 4.58. The van der Waals surface area contributed by atoms with Crippen LogP contribution in [-0.4, -0.2) is 15.6 Å². The van der Waals surface area contributed by atoms with Gasteiger partial charge < -0.3 is 14.1 Å². The van der Waals surface area contributed by atoms with Crippen LogP contribution in [0.4, 0.5) is 0 Å². The number of aromatic nitrogens is 1. The first-order valence-electron chi connectivity index (χ1n) is 7.02. The zero-order chi connectivity index (χ0) is 16.1. The van der Waals surface area contributed by atoms with Gasteiger partial charge in [0.25, 0.3) is 0 Å². The number of nitrogens with zero attached hydrogens (tertiary/aromatic N) is 2. The normalized spacial score (nSPS) is 12.5. The third-order valence-corrected chi connectivity index (χ3v) is 4.12. The summed E-state index contributed by atoms with van der Waals surface area (Å²) in [5.74, 6) is -0.672. The number of hydrogen-bond donors (Lipinski definition) is 1. The van der Waals surface area contributed by atoms with Crippen molar-refractivity contribution in [2.75, 3.05) is 0 Å². The lowest BCUT2D eigenvalue weighted by Crippen LogP contribution is -2.21. The van der Waals surface area contributed by atoms with Crippen LogP contribution >= 0.6 is 0 Å². The first kappa shape index (κ1) is 13.3. The molecule has 0 fully saturated rings. The second-order valence-electron chi connectivity index (χ2n) is 5.42.